The van der Waals surface area contributed by atoms with E-state index < -0.39 is 26.6 Å². The molecule has 0 aromatic heterocycles. The Morgan fingerprint density at radius 2 is 0.849 bits per heavy atom. The lowest BCUT2D eigenvalue weighted by Crippen LogP contribution is -2.45. The van der Waals surface area contributed by atoms with E-state index >= 15 is 0 Å². The molecule has 0 radical (unpaired) electrons. The molecule has 0 bridgehead atoms. The van der Waals surface area contributed by atoms with Crippen molar-refractivity contribution in [1.82, 2.24) is 5.32 Å². The highest BCUT2D eigenvalue weighted by atomic mass is 31.2. The molecule has 0 fully saturated rings. The monoisotopic (exact) mass is 1040 g/mol. The Morgan fingerprint density at radius 1 is 0.493 bits per heavy atom. The molecule has 0 saturated carbocycles. The number of aliphatic hydroxyl groups is 1. The number of phosphoric ester groups is 1. The highest BCUT2D eigenvalue weighted by Gasteiger charge is 2.23. The summed E-state index contributed by atoms with van der Waals surface area (Å²) >= 11 is 0. The van der Waals surface area contributed by atoms with Gasteiger partial charge in [0.05, 0.1) is 39.9 Å². The molecule has 0 saturated heterocycles. The Labute approximate surface area is 451 Å². The van der Waals surface area contributed by atoms with Crippen LogP contribution in [0.4, 0.5) is 0 Å². The predicted octanol–water partition coefficient (Wildman–Crippen LogP) is 18.0. The summed E-state index contributed by atoms with van der Waals surface area (Å²) in [6, 6.07) is -0.917. The number of hydrogen-bond acceptors (Lipinski definition) is 6. The Morgan fingerprint density at radius 3 is 1.27 bits per heavy atom. The number of carbonyl (C=O) groups is 1. The molecule has 0 aromatic rings. The van der Waals surface area contributed by atoms with Crippen molar-refractivity contribution in [3.05, 3.63) is 97.2 Å². The maximum Gasteiger partial charge on any atom is 0.268 e. The van der Waals surface area contributed by atoms with E-state index in [-0.39, 0.29) is 12.5 Å². The number of phosphoric acid groups is 1. The van der Waals surface area contributed by atoms with Gasteiger partial charge in [-0.05, 0) is 89.9 Å². The fourth-order valence-corrected chi connectivity index (χ4v) is 9.05. The number of aliphatic hydroxyl groups excluding tert-OH is 1. The second-order valence-corrected chi connectivity index (χ2v) is 22.7. The van der Waals surface area contributed by atoms with E-state index in [0.717, 1.165) is 77.0 Å². The van der Waals surface area contributed by atoms with E-state index in [0.29, 0.717) is 17.4 Å². The number of allylic oxidation sites excluding steroid dienone is 15. The molecule has 0 aromatic carbocycles. The van der Waals surface area contributed by atoms with Crippen LogP contribution < -0.4 is 10.2 Å². The largest absolute Gasteiger partial charge is 0.756 e. The third-order valence-electron chi connectivity index (χ3n) is 13.0. The van der Waals surface area contributed by atoms with Gasteiger partial charge in [-0.3, -0.25) is 9.36 Å². The molecule has 0 spiro atoms. The highest BCUT2D eigenvalue weighted by molar-refractivity contribution is 7.45. The van der Waals surface area contributed by atoms with Gasteiger partial charge in [0.25, 0.3) is 7.82 Å². The van der Waals surface area contributed by atoms with Crippen molar-refractivity contribution in [2.75, 3.05) is 40.9 Å². The molecule has 0 rings (SSSR count). The third-order valence-corrected chi connectivity index (χ3v) is 14.0. The lowest BCUT2D eigenvalue weighted by atomic mass is 10.0. The summed E-state index contributed by atoms with van der Waals surface area (Å²) in [7, 11) is 1.23. The molecule has 0 aliphatic carbocycles. The van der Waals surface area contributed by atoms with E-state index in [9.17, 15) is 19.4 Å². The Kier molecular flexibility index (Phi) is 52.3. The third kappa shape index (κ3) is 57.0. The van der Waals surface area contributed by atoms with Crippen LogP contribution in [-0.4, -0.2) is 68.5 Å². The smallest absolute Gasteiger partial charge is 0.268 e. The summed E-state index contributed by atoms with van der Waals surface area (Å²) in [5.74, 6) is -0.215. The summed E-state index contributed by atoms with van der Waals surface area (Å²) in [5.41, 5.74) is 0. The summed E-state index contributed by atoms with van der Waals surface area (Å²) in [6.45, 7) is 4.51. The minimum Gasteiger partial charge on any atom is -0.756 e. The van der Waals surface area contributed by atoms with Crippen LogP contribution in [0.3, 0.4) is 0 Å². The molecule has 422 valence electrons. The molecule has 3 atom stereocenters. The van der Waals surface area contributed by atoms with Crippen LogP contribution in [0.25, 0.3) is 0 Å². The Balaban J connectivity index is 4.25. The molecule has 1 amide bonds. The zero-order chi connectivity index (χ0) is 53.5. The number of unbranched alkanes of at least 4 members (excludes halogenated alkanes) is 27. The van der Waals surface area contributed by atoms with E-state index in [4.69, 9.17) is 9.05 Å². The number of carbonyl (C=O) groups excluding carboxylic acids is 1. The summed E-state index contributed by atoms with van der Waals surface area (Å²) in [6.07, 6.45) is 77.8. The molecule has 8 nitrogen and oxygen atoms in total. The van der Waals surface area contributed by atoms with E-state index in [2.05, 4.69) is 104 Å². The zero-order valence-electron chi connectivity index (χ0n) is 48.1. The van der Waals surface area contributed by atoms with E-state index in [1.54, 1.807) is 6.08 Å². The van der Waals surface area contributed by atoms with Crippen molar-refractivity contribution in [3.8, 4) is 0 Å². The Bertz CT molecular complexity index is 1510. The van der Waals surface area contributed by atoms with Crippen LogP contribution in [0, 0.1) is 0 Å². The number of nitrogens with one attached hydrogen (secondary N) is 1. The normalized spacial score (nSPS) is 14.6. The number of amides is 1. The summed E-state index contributed by atoms with van der Waals surface area (Å²) < 4.78 is 23.4. The lowest BCUT2D eigenvalue weighted by Gasteiger charge is -2.29. The van der Waals surface area contributed by atoms with Crippen molar-refractivity contribution in [1.29, 1.82) is 0 Å². The molecule has 73 heavy (non-hydrogen) atoms. The number of hydrogen-bond donors (Lipinski definition) is 2. The minimum atomic E-state index is -4.62. The molecule has 0 aliphatic heterocycles. The molecule has 0 heterocycles. The van der Waals surface area contributed by atoms with Gasteiger partial charge in [-0.25, -0.2) is 0 Å². The van der Waals surface area contributed by atoms with Gasteiger partial charge in [-0.15, -0.1) is 0 Å². The molecule has 0 aliphatic rings. The summed E-state index contributed by atoms with van der Waals surface area (Å²) in [4.78, 5) is 25.5. The van der Waals surface area contributed by atoms with Gasteiger partial charge in [0, 0.05) is 6.42 Å². The van der Waals surface area contributed by atoms with Gasteiger partial charge >= 0.3 is 0 Å². The second-order valence-electron chi connectivity index (χ2n) is 21.3. The van der Waals surface area contributed by atoms with Gasteiger partial charge in [0.15, 0.2) is 0 Å². The number of likely N-dealkylation sites (N-methyl/N-ethyl adjacent to an activating group) is 1. The highest BCUT2D eigenvalue weighted by Crippen LogP contribution is 2.38. The topological polar surface area (TPSA) is 108 Å². The fourth-order valence-electron chi connectivity index (χ4n) is 8.33. The summed E-state index contributed by atoms with van der Waals surface area (Å²) in [5, 5.41) is 13.9. The average Bonchev–Trinajstić information content (AvgIpc) is 3.35. The van der Waals surface area contributed by atoms with Crippen LogP contribution in [0.2, 0.25) is 0 Å². The molecular formula is C64H115N2O6P. The standard InChI is InChI=1S/C64H115N2O6P/c1-6-8-10-12-14-16-18-20-22-24-26-28-30-31-32-33-34-35-36-38-40-42-44-46-48-50-52-54-56-58-64(68)65-62(61-72-73(69,70)71-60-59-66(3,4)5)63(67)57-55-53-51-49-47-45-43-41-39-37-29-27-25-23-21-19-17-15-13-11-9-7-2/h8,10,14,16,20,22,26,28,31-32,39,41,47,49,55,57,62-63,67H,6-7,9,11-13,15,17-19,21,23-25,27,29-30,33-38,40,42-46,48,50-54,56,58-61H2,1-5H3,(H-,65,68,69,70)/b10-8-,16-14-,22-20-,28-26-,32-31-,41-39+,49-47+,57-55+. The number of nitrogens with zero attached hydrogens (tertiary/aromatic N) is 1. The van der Waals surface area contributed by atoms with E-state index in [1.807, 2.05) is 27.2 Å². The first-order valence-electron chi connectivity index (χ1n) is 30.1. The van der Waals surface area contributed by atoms with Crippen LogP contribution in [-0.2, 0) is 18.4 Å². The van der Waals surface area contributed by atoms with Gasteiger partial charge in [-0.1, -0.05) is 252 Å². The van der Waals surface area contributed by atoms with Crippen molar-refractivity contribution >= 4 is 13.7 Å². The first kappa shape index (κ1) is 70.4. The minimum absolute atomic E-state index is 0.0129. The van der Waals surface area contributed by atoms with Crippen molar-refractivity contribution in [3.63, 3.8) is 0 Å². The molecule has 9 heteroatoms. The Hall–Kier alpha value is -2.58. The van der Waals surface area contributed by atoms with Gasteiger partial charge in [0.2, 0.25) is 5.91 Å². The first-order chi connectivity index (χ1) is 35.5. The zero-order valence-corrected chi connectivity index (χ0v) is 49.0. The van der Waals surface area contributed by atoms with E-state index in [1.165, 1.54) is 154 Å². The van der Waals surface area contributed by atoms with Gasteiger partial charge in [0.1, 0.15) is 13.2 Å². The molecule has 2 N–H and O–H groups in total. The fraction of sp³-hybridized carbons (Fsp3) is 0.734. The SMILES string of the molecule is CC/C=C\C/C=C\C/C=C\C/C=C\C/C=C\CCCCCCCCCCCCCCCC(=O)NC(COP(=O)([O-])OCC[N+](C)(C)C)C(O)/C=C/CC/C=C/CC/C=C/CCCCCCCCCCCCCC. The number of quaternary nitrogens is 1. The van der Waals surface area contributed by atoms with Crippen molar-refractivity contribution in [2.24, 2.45) is 0 Å². The second kappa shape index (κ2) is 54.2. The van der Waals surface area contributed by atoms with Crippen LogP contribution in [0.15, 0.2) is 97.2 Å². The maximum atomic E-state index is 13.0. The van der Waals surface area contributed by atoms with Crippen LogP contribution >= 0.6 is 7.82 Å². The first-order valence-corrected chi connectivity index (χ1v) is 31.6. The van der Waals surface area contributed by atoms with Crippen molar-refractivity contribution < 1.29 is 32.9 Å². The van der Waals surface area contributed by atoms with Gasteiger partial charge < -0.3 is 28.8 Å². The van der Waals surface area contributed by atoms with Crippen molar-refractivity contribution in [2.45, 2.75) is 264 Å². The van der Waals surface area contributed by atoms with Gasteiger partial charge in [-0.2, -0.15) is 0 Å². The lowest BCUT2D eigenvalue weighted by molar-refractivity contribution is -0.870. The molecule has 3 unspecified atom stereocenters. The average molecular weight is 1040 g/mol. The van der Waals surface area contributed by atoms with Crippen LogP contribution in [0.1, 0.15) is 251 Å². The quantitative estimate of drug-likeness (QED) is 0.0272. The molecular weight excluding hydrogens is 924 g/mol. The number of rotatable bonds is 54. The predicted molar refractivity (Wildman–Crippen MR) is 316 cm³/mol. The van der Waals surface area contributed by atoms with Crippen LogP contribution in [0.5, 0.6) is 0 Å². The maximum absolute atomic E-state index is 13.0.